The zero-order chi connectivity index (χ0) is 12.8. The quantitative estimate of drug-likeness (QED) is 0.851. The summed E-state index contributed by atoms with van der Waals surface area (Å²) < 4.78 is 0. The Morgan fingerprint density at radius 3 is 2.59 bits per heavy atom. The predicted octanol–water partition coefficient (Wildman–Crippen LogP) is 2.70. The van der Waals surface area contributed by atoms with Crippen molar-refractivity contribution < 1.29 is 4.79 Å². The zero-order valence-electron chi connectivity index (χ0n) is 10.4. The summed E-state index contributed by atoms with van der Waals surface area (Å²) in [6.07, 6.45) is 3.35. The van der Waals surface area contributed by atoms with Crippen LogP contribution in [-0.4, -0.2) is 24.0 Å². The summed E-state index contributed by atoms with van der Waals surface area (Å²) in [6, 6.07) is 1.82. The summed E-state index contributed by atoms with van der Waals surface area (Å²) in [5.74, 6) is 0.446. The van der Waals surface area contributed by atoms with Crippen molar-refractivity contribution in [2.75, 3.05) is 12.4 Å². The van der Waals surface area contributed by atoms with E-state index in [1.807, 2.05) is 13.8 Å². The Balaban J connectivity index is 2.79. The van der Waals surface area contributed by atoms with Crippen molar-refractivity contribution in [3.05, 3.63) is 22.8 Å². The molecule has 0 unspecified atom stereocenters. The van der Waals surface area contributed by atoms with Crippen LogP contribution in [0.15, 0.2) is 12.3 Å². The third kappa shape index (κ3) is 3.60. The normalized spacial score (nSPS) is 10.4. The van der Waals surface area contributed by atoms with Crippen LogP contribution in [0.4, 0.5) is 5.82 Å². The van der Waals surface area contributed by atoms with E-state index in [-0.39, 0.29) is 11.9 Å². The van der Waals surface area contributed by atoms with Crippen molar-refractivity contribution >= 4 is 23.3 Å². The highest BCUT2D eigenvalue weighted by Gasteiger charge is 2.12. The first-order chi connectivity index (χ1) is 8.12. The zero-order valence-corrected chi connectivity index (χ0v) is 11.1. The second kappa shape index (κ2) is 6.45. The lowest BCUT2D eigenvalue weighted by atomic mass is 10.1. The van der Waals surface area contributed by atoms with Crippen molar-refractivity contribution in [1.82, 2.24) is 10.3 Å². The minimum atomic E-state index is -0.129. The molecule has 5 heteroatoms. The Hall–Kier alpha value is -1.29. The lowest BCUT2D eigenvalue weighted by Crippen LogP contribution is -2.33. The van der Waals surface area contributed by atoms with E-state index in [2.05, 4.69) is 15.6 Å². The van der Waals surface area contributed by atoms with Crippen molar-refractivity contribution in [3.63, 3.8) is 0 Å². The first-order valence-corrected chi connectivity index (χ1v) is 6.14. The number of pyridine rings is 1. The molecule has 0 radical (unpaired) electrons. The average Bonchev–Trinajstić information content (AvgIpc) is 2.35. The molecule has 1 aromatic heterocycles. The lowest BCUT2D eigenvalue weighted by molar-refractivity contribution is 0.0934. The third-order valence-corrected chi connectivity index (χ3v) is 2.95. The summed E-state index contributed by atoms with van der Waals surface area (Å²) in [4.78, 5) is 16.0. The van der Waals surface area contributed by atoms with Gasteiger partial charge in [-0.05, 0) is 18.9 Å². The van der Waals surface area contributed by atoms with Gasteiger partial charge in [-0.3, -0.25) is 4.79 Å². The number of halogens is 1. The van der Waals surface area contributed by atoms with E-state index in [4.69, 9.17) is 11.6 Å². The number of aromatic nitrogens is 1. The molecule has 0 atom stereocenters. The lowest BCUT2D eigenvalue weighted by Gasteiger charge is -2.14. The maximum Gasteiger partial charge on any atom is 0.253 e. The van der Waals surface area contributed by atoms with E-state index in [0.717, 1.165) is 12.8 Å². The van der Waals surface area contributed by atoms with Gasteiger partial charge < -0.3 is 10.6 Å². The van der Waals surface area contributed by atoms with E-state index in [1.54, 1.807) is 13.1 Å². The van der Waals surface area contributed by atoms with Gasteiger partial charge in [0.05, 0.1) is 10.6 Å². The SMILES string of the molecule is CCC(CC)NC(=O)c1cnc(NC)c(Cl)c1. The van der Waals surface area contributed by atoms with Crippen LogP contribution >= 0.6 is 11.6 Å². The van der Waals surface area contributed by atoms with Gasteiger partial charge in [0.1, 0.15) is 5.82 Å². The fraction of sp³-hybridized carbons (Fsp3) is 0.500. The van der Waals surface area contributed by atoms with E-state index in [9.17, 15) is 4.79 Å². The van der Waals surface area contributed by atoms with Gasteiger partial charge in [0.15, 0.2) is 0 Å². The Morgan fingerprint density at radius 1 is 1.47 bits per heavy atom. The summed E-state index contributed by atoms with van der Waals surface area (Å²) in [6.45, 7) is 4.09. The first kappa shape index (κ1) is 13.8. The summed E-state index contributed by atoms with van der Waals surface area (Å²) in [5, 5.41) is 6.24. The van der Waals surface area contributed by atoms with Gasteiger partial charge in [-0.25, -0.2) is 4.98 Å². The average molecular weight is 256 g/mol. The van der Waals surface area contributed by atoms with Crippen LogP contribution in [0, 0.1) is 0 Å². The number of hydrogen-bond acceptors (Lipinski definition) is 3. The molecule has 4 nitrogen and oxygen atoms in total. The number of nitrogens with zero attached hydrogens (tertiary/aromatic N) is 1. The Kier molecular flexibility index (Phi) is 5.22. The molecule has 17 heavy (non-hydrogen) atoms. The van der Waals surface area contributed by atoms with E-state index < -0.39 is 0 Å². The second-order valence-electron chi connectivity index (χ2n) is 3.79. The molecule has 2 N–H and O–H groups in total. The van der Waals surface area contributed by atoms with Gasteiger partial charge in [0.25, 0.3) is 5.91 Å². The molecule has 0 aliphatic rings. The van der Waals surface area contributed by atoms with Crippen LogP contribution in [0.25, 0.3) is 0 Å². The van der Waals surface area contributed by atoms with E-state index in [0.29, 0.717) is 16.4 Å². The van der Waals surface area contributed by atoms with Crippen LogP contribution in [0.5, 0.6) is 0 Å². The number of amides is 1. The molecule has 94 valence electrons. The topological polar surface area (TPSA) is 54.0 Å². The standard InChI is InChI=1S/C12H18ClN3O/c1-4-9(5-2)16-12(17)8-6-10(13)11(14-3)15-7-8/h6-7,9H,4-5H2,1-3H3,(H,14,15)(H,16,17). The molecule has 1 rings (SSSR count). The molecule has 0 saturated carbocycles. The number of anilines is 1. The Labute approximate surface area is 107 Å². The Morgan fingerprint density at radius 2 is 2.12 bits per heavy atom. The highest BCUT2D eigenvalue weighted by Crippen LogP contribution is 2.19. The summed E-state index contributed by atoms with van der Waals surface area (Å²) in [5.41, 5.74) is 0.487. The number of carbonyl (C=O) groups excluding carboxylic acids is 1. The smallest absolute Gasteiger partial charge is 0.253 e. The van der Waals surface area contributed by atoms with E-state index in [1.165, 1.54) is 6.20 Å². The highest BCUT2D eigenvalue weighted by atomic mass is 35.5. The Bertz CT molecular complexity index is 391. The van der Waals surface area contributed by atoms with Crippen LogP contribution < -0.4 is 10.6 Å². The molecule has 0 aromatic carbocycles. The number of rotatable bonds is 5. The molecule has 1 aromatic rings. The molecule has 1 amide bonds. The maximum absolute atomic E-state index is 11.9. The third-order valence-electron chi connectivity index (χ3n) is 2.66. The minimum Gasteiger partial charge on any atom is -0.372 e. The second-order valence-corrected chi connectivity index (χ2v) is 4.20. The van der Waals surface area contributed by atoms with Gasteiger partial charge in [-0.15, -0.1) is 0 Å². The van der Waals surface area contributed by atoms with Crippen molar-refractivity contribution in [2.24, 2.45) is 0 Å². The largest absolute Gasteiger partial charge is 0.372 e. The first-order valence-electron chi connectivity index (χ1n) is 5.76. The molecule has 1 heterocycles. The van der Waals surface area contributed by atoms with Crippen LogP contribution in [0.1, 0.15) is 37.0 Å². The number of hydrogen-bond donors (Lipinski definition) is 2. The fourth-order valence-corrected chi connectivity index (χ4v) is 1.77. The molecule has 0 bridgehead atoms. The molecular formula is C12H18ClN3O. The van der Waals surface area contributed by atoms with Crippen molar-refractivity contribution in [3.8, 4) is 0 Å². The van der Waals surface area contributed by atoms with Crippen molar-refractivity contribution in [2.45, 2.75) is 32.7 Å². The van der Waals surface area contributed by atoms with Crippen LogP contribution in [-0.2, 0) is 0 Å². The molecule has 0 aliphatic carbocycles. The van der Waals surface area contributed by atoms with Crippen LogP contribution in [0.3, 0.4) is 0 Å². The van der Waals surface area contributed by atoms with E-state index >= 15 is 0 Å². The maximum atomic E-state index is 11.9. The van der Waals surface area contributed by atoms with Gasteiger partial charge >= 0.3 is 0 Å². The molecule has 0 spiro atoms. The van der Waals surface area contributed by atoms with Crippen molar-refractivity contribution in [1.29, 1.82) is 0 Å². The molecular weight excluding hydrogens is 238 g/mol. The highest BCUT2D eigenvalue weighted by molar-refractivity contribution is 6.33. The number of carbonyl (C=O) groups is 1. The molecule has 0 fully saturated rings. The van der Waals surface area contributed by atoms with Crippen LogP contribution in [0.2, 0.25) is 5.02 Å². The monoisotopic (exact) mass is 255 g/mol. The number of nitrogens with one attached hydrogen (secondary N) is 2. The molecule has 0 aliphatic heterocycles. The fourth-order valence-electron chi connectivity index (χ4n) is 1.51. The summed E-state index contributed by atoms with van der Waals surface area (Å²) >= 11 is 5.97. The van der Waals surface area contributed by atoms with Gasteiger partial charge in [0.2, 0.25) is 0 Å². The summed E-state index contributed by atoms with van der Waals surface area (Å²) in [7, 11) is 1.73. The minimum absolute atomic E-state index is 0.129. The van der Waals surface area contributed by atoms with Gasteiger partial charge in [-0.2, -0.15) is 0 Å². The molecule has 0 saturated heterocycles. The predicted molar refractivity (Wildman–Crippen MR) is 70.6 cm³/mol. The van der Waals surface area contributed by atoms with Gasteiger partial charge in [-0.1, -0.05) is 25.4 Å². The van der Waals surface area contributed by atoms with Gasteiger partial charge in [0, 0.05) is 19.3 Å².